The van der Waals surface area contributed by atoms with Gasteiger partial charge in [-0.05, 0) is 23.8 Å². The van der Waals surface area contributed by atoms with Crippen LogP contribution in [0.25, 0.3) is 0 Å². The van der Waals surface area contributed by atoms with Crippen molar-refractivity contribution >= 4 is 12.0 Å². The second-order valence-corrected chi connectivity index (χ2v) is 3.94. The summed E-state index contributed by atoms with van der Waals surface area (Å²) >= 11 is 0. The van der Waals surface area contributed by atoms with Gasteiger partial charge in [-0.25, -0.2) is 0 Å². The van der Waals surface area contributed by atoms with Crippen LogP contribution >= 0.6 is 0 Å². The summed E-state index contributed by atoms with van der Waals surface area (Å²) in [5.74, 6) is 0.904. The maximum atomic E-state index is 11.5. The van der Waals surface area contributed by atoms with Gasteiger partial charge in [0, 0.05) is 18.2 Å². The van der Waals surface area contributed by atoms with E-state index < -0.39 is 0 Å². The van der Waals surface area contributed by atoms with Crippen molar-refractivity contribution < 1.29 is 9.53 Å². The van der Waals surface area contributed by atoms with E-state index in [0.29, 0.717) is 18.5 Å². The Morgan fingerprint density at radius 3 is 2.58 bits per heavy atom. The van der Waals surface area contributed by atoms with Crippen molar-refractivity contribution in [2.24, 2.45) is 4.99 Å². The Hall–Kier alpha value is -2.16. The Morgan fingerprint density at radius 2 is 2.05 bits per heavy atom. The first-order chi connectivity index (χ1) is 9.21. The number of methoxy groups -OCH3 is 1. The number of carbonyl (C=O) groups is 1. The molecule has 0 spiro atoms. The normalized spacial score (nSPS) is 11.6. The molecular formula is C16H19NO2. The fourth-order valence-corrected chi connectivity index (χ4v) is 1.50. The minimum atomic E-state index is 0.0749. The van der Waals surface area contributed by atoms with Gasteiger partial charge in [-0.2, -0.15) is 0 Å². The summed E-state index contributed by atoms with van der Waals surface area (Å²) in [6, 6.07) is 7.73. The third-order valence-corrected chi connectivity index (χ3v) is 2.66. The summed E-state index contributed by atoms with van der Waals surface area (Å²) in [6.45, 7) is 6.02. The smallest absolute Gasteiger partial charge is 0.162 e. The quantitative estimate of drug-likeness (QED) is 0.427. The van der Waals surface area contributed by atoms with Crippen LogP contribution in [0.2, 0.25) is 0 Å². The van der Waals surface area contributed by atoms with Crippen LogP contribution in [0, 0.1) is 0 Å². The van der Waals surface area contributed by atoms with Gasteiger partial charge in [-0.3, -0.25) is 9.79 Å². The molecule has 0 aromatic heterocycles. The van der Waals surface area contributed by atoms with E-state index in [2.05, 4.69) is 11.6 Å². The van der Waals surface area contributed by atoms with Crippen LogP contribution in [0.3, 0.4) is 0 Å². The fourth-order valence-electron chi connectivity index (χ4n) is 1.50. The molecule has 0 atom stereocenters. The predicted molar refractivity (Wildman–Crippen MR) is 78.8 cm³/mol. The molecule has 3 heteroatoms. The predicted octanol–water partition coefficient (Wildman–Crippen LogP) is 3.36. The highest BCUT2D eigenvalue weighted by Gasteiger charge is 2.00. The topological polar surface area (TPSA) is 38.7 Å². The van der Waals surface area contributed by atoms with E-state index in [0.717, 1.165) is 11.3 Å². The Bertz CT molecular complexity index is 484. The highest BCUT2D eigenvalue weighted by molar-refractivity contribution is 6.01. The Balaban J connectivity index is 2.59. The maximum Gasteiger partial charge on any atom is 0.162 e. The molecule has 0 aliphatic heterocycles. The van der Waals surface area contributed by atoms with E-state index in [9.17, 15) is 4.79 Å². The lowest BCUT2D eigenvalue weighted by atomic mass is 10.1. The van der Waals surface area contributed by atoms with Crippen molar-refractivity contribution in [1.29, 1.82) is 0 Å². The molecule has 0 N–H and O–H groups in total. The zero-order valence-electron chi connectivity index (χ0n) is 11.4. The third kappa shape index (κ3) is 4.92. The van der Waals surface area contributed by atoms with Gasteiger partial charge < -0.3 is 4.74 Å². The molecule has 1 rings (SSSR count). The molecule has 0 saturated carbocycles. The van der Waals surface area contributed by atoms with E-state index >= 15 is 0 Å². The molecule has 3 nitrogen and oxygen atoms in total. The molecule has 0 amide bonds. The van der Waals surface area contributed by atoms with Crippen LogP contribution in [-0.2, 0) is 11.3 Å². The molecule has 19 heavy (non-hydrogen) atoms. The van der Waals surface area contributed by atoms with Crippen molar-refractivity contribution in [2.75, 3.05) is 7.11 Å². The number of carbonyl (C=O) groups excluding carboxylic acids is 1. The van der Waals surface area contributed by atoms with Crippen LogP contribution in [-0.4, -0.2) is 19.1 Å². The average molecular weight is 257 g/mol. The maximum absolute atomic E-state index is 11.5. The van der Waals surface area contributed by atoms with E-state index in [-0.39, 0.29) is 5.78 Å². The lowest BCUT2D eigenvalue weighted by molar-refractivity contribution is -0.114. The van der Waals surface area contributed by atoms with Crippen molar-refractivity contribution in [3.63, 3.8) is 0 Å². The number of rotatable bonds is 7. The van der Waals surface area contributed by atoms with Crippen LogP contribution in [0.1, 0.15) is 18.9 Å². The molecule has 1 aromatic rings. The fraction of sp³-hybridized carbons (Fsp3) is 0.250. The molecule has 0 unspecified atom stereocenters. The summed E-state index contributed by atoms with van der Waals surface area (Å²) in [7, 11) is 1.64. The van der Waals surface area contributed by atoms with Gasteiger partial charge >= 0.3 is 0 Å². The molecule has 100 valence electrons. The van der Waals surface area contributed by atoms with Crippen molar-refractivity contribution in [3.05, 3.63) is 54.1 Å². The zero-order valence-corrected chi connectivity index (χ0v) is 11.4. The lowest BCUT2D eigenvalue weighted by Gasteiger charge is -2.00. The first kappa shape index (κ1) is 14.9. The van der Waals surface area contributed by atoms with Gasteiger partial charge in [0.15, 0.2) is 5.78 Å². The van der Waals surface area contributed by atoms with Crippen LogP contribution < -0.4 is 4.74 Å². The first-order valence-electron chi connectivity index (χ1n) is 6.20. The summed E-state index contributed by atoms with van der Waals surface area (Å²) < 4.78 is 5.08. The Labute approximate surface area is 114 Å². The van der Waals surface area contributed by atoms with E-state index in [1.807, 2.05) is 31.2 Å². The number of nitrogens with zero attached hydrogens (tertiary/aromatic N) is 1. The minimum Gasteiger partial charge on any atom is -0.497 e. The highest BCUT2D eigenvalue weighted by atomic mass is 16.5. The zero-order chi connectivity index (χ0) is 14.1. The van der Waals surface area contributed by atoms with E-state index in [4.69, 9.17) is 4.74 Å². The minimum absolute atomic E-state index is 0.0749. The molecule has 0 aliphatic carbocycles. The number of benzene rings is 1. The molecular weight excluding hydrogens is 238 g/mol. The summed E-state index contributed by atoms with van der Waals surface area (Å²) in [4.78, 5) is 15.7. The Kier molecular flexibility index (Phi) is 6.30. The molecule has 0 saturated heterocycles. The molecule has 0 bridgehead atoms. The van der Waals surface area contributed by atoms with Gasteiger partial charge in [0.1, 0.15) is 5.75 Å². The van der Waals surface area contributed by atoms with Gasteiger partial charge in [0.25, 0.3) is 0 Å². The number of hydrogen-bond acceptors (Lipinski definition) is 3. The van der Waals surface area contributed by atoms with Crippen LogP contribution in [0.5, 0.6) is 5.75 Å². The molecule has 0 heterocycles. The van der Waals surface area contributed by atoms with Crippen molar-refractivity contribution in [2.45, 2.75) is 19.9 Å². The van der Waals surface area contributed by atoms with Gasteiger partial charge in [-0.15, -0.1) is 0 Å². The average Bonchev–Trinajstić information content (AvgIpc) is 2.47. The molecule has 1 aromatic carbocycles. The summed E-state index contributed by atoms with van der Waals surface area (Å²) in [6.07, 6.45) is 5.38. The van der Waals surface area contributed by atoms with Crippen LogP contribution in [0.4, 0.5) is 0 Å². The monoisotopic (exact) mass is 257 g/mol. The lowest BCUT2D eigenvalue weighted by Crippen LogP contribution is -1.97. The first-order valence-corrected chi connectivity index (χ1v) is 6.20. The number of ether oxygens (including phenoxy) is 1. The second kappa shape index (κ2) is 8.03. The number of ketones is 1. The third-order valence-electron chi connectivity index (χ3n) is 2.66. The number of allylic oxidation sites excluding steroid dienone is 3. The van der Waals surface area contributed by atoms with E-state index in [1.165, 1.54) is 0 Å². The van der Waals surface area contributed by atoms with Crippen LogP contribution in [0.15, 0.2) is 53.6 Å². The molecule has 0 radical (unpaired) electrons. The number of hydrogen-bond donors (Lipinski definition) is 0. The van der Waals surface area contributed by atoms with Gasteiger partial charge in [0.2, 0.25) is 0 Å². The largest absolute Gasteiger partial charge is 0.497 e. The van der Waals surface area contributed by atoms with Gasteiger partial charge in [0.05, 0.1) is 13.7 Å². The second-order valence-electron chi connectivity index (χ2n) is 3.94. The summed E-state index contributed by atoms with van der Waals surface area (Å²) in [5.41, 5.74) is 1.69. The highest BCUT2D eigenvalue weighted by Crippen LogP contribution is 2.11. The van der Waals surface area contributed by atoms with E-state index in [1.54, 1.807) is 25.5 Å². The Morgan fingerprint density at radius 1 is 1.37 bits per heavy atom. The van der Waals surface area contributed by atoms with Crippen molar-refractivity contribution in [1.82, 2.24) is 0 Å². The number of aliphatic imine (C=N–C) groups is 1. The number of Topliss-reactive ketones (excluding diaryl/α,β-unsaturated/α-hetero) is 1. The summed E-state index contributed by atoms with van der Waals surface area (Å²) in [5, 5.41) is 0. The van der Waals surface area contributed by atoms with Gasteiger partial charge in [-0.1, -0.05) is 31.7 Å². The van der Waals surface area contributed by atoms with Crippen molar-refractivity contribution in [3.8, 4) is 5.75 Å². The SMILES string of the molecule is C=C/C(=C\C=NCc1ccc(OC)cc1)C(=O)CC. The standard InChI is InChI=1S/C16H19NO2/c1-4-14(16(18)5-2)10-11-17-12-13-6-8-15(19-3)9-7-13/h4,6-11H,1,5,12H2,2-3H3/b14-10+,17-11?. The molecule has 0 aliphatic rings. The molecule has 0 fully saturated rings.